The molecule has 2 amide bonds. The van der Waals surface area contributed by atoms with Gasteiger partial charge in [-0.15, -0.1) is 0 Å². The van der Waals surface area contributed by atoms with Gasteiger partial charge < -0.3 is 25.4 Å². The van der Waals surface area contributed by atoms with Gasteiger partial charge >= 0.3 is 0 Å². The molecule has 2 bridgehead atoms. The minimum Gasteiger partial charge on any atom is -0.381 e. The van der Waals surface area contributed by atoms with Crippen molar-refractivity contribution in [2.45, 2.75) is 29.7 Å². The summed E-state index contributed by atoms with van der Waals surface area (Å²) in [4.78, 5) is 26.6. The number of likely N-dealkylation sites (N-methyl/N-ethyl adjacent to an activating group) is 1. The summed E-state index contributed by atoms with van der Waals surface area (Å²) in [5.74, 6) is -0.483. The molecule has 0 radical (unpaired) electrons. The molecule has 3 heterocycles. The van der Waals surface area contributed by atoms with Gasteiger partial charge in [0, 0.05) is 45.5 Å². The SMILES string of the molecule is CN1C/C=C\COCC2(CCNC2)C(=O)NCC2(CCOCC2)NC(=O)c2cccc(c2)S1(=O)=O. The number of fused-ring (bicyclic) bond motifs is 2. The van der Waals surface area contributed by atoms with E-state index >= 15 is 0 Å². The van der Waals surface area contributed by atoms with Crippen LogP contribution < -0.4 is 16.0 Å². The van der Waals surface area contributed by atoms with Gasteiger partial charge in [-0.3, -0.25) is 9.59 Å². The first-order chi connectivity index (χ1) is 16.8. The van der Waals surface area contributed by atoms with Crippen LogP contribution in [-0.2, 0) is 24.3 Å². The summed E-state index contributed by atoms with van der Waals surface area (Å²) in [5, 5.41) is 9.42. The van der Waals surface area contributed by atoms with Gasteiger partial charge in [0.2, 0.25) is 15.9 Å². The molecule has 1 unspecified atom stereocenters. The Morgan fingerprint density at radius 3 is 2.57 bits per heavy atom. The third-order valence-electron chi connectivity index (χ3n) is 7.07. The fourth-order valence-electron chi connectivity index (χ4n) is 4.67. The van der Waals surface area contributed by atoms with Crippen LogP contribution in [0, 0.1) is 5.41 Å². The average Bonchev–Trinajstić information content (AvgIpc) is 3.35. The highest BCUT2D eigenvalue weighted by atomic mass is 32.2. The van der Waals surface area contributed by atoms with Crippen molar-refractivity contribution in [1.82, 2.24) is 20.3 Å². The van der Waals surface area contributed by atoms with E-state index in [-0.39, 0.29) is 48.6 Å². The van der Waals surface area contributed by atoms with Crippen LogP contribution in [0.25, 0.3) is 0 Å². The third kappa shape index (κ3) is 5.75. The van der Waals surface area contributed by atoms with Gasteiger partial charge in [0.1, 0.15) is 0 Å². The lowest BCUT2D eigenvalue weighted by atomic mass is 9.85. The molecule has 1 aromatic carbocycles. The molecule has 2 saturated heterocycles. The Morgan fingerprint density at radius 1 is 1.03 bits per heavy atom. The number of carbonyl (C=O) groups is 2. The Balaban J connectivity index is 1.65. The first-order valence-electron chi connectivity index (χ1n) is 11.9. The van der Waals surface area contributed by atoms with Crippen LogP contribution in [0.5, 0.6) is 0 Å². The Kier molecular flexibility index (Phi) is 7.92. The molecular formula is C24H34N4O6S. The maximum Gasteiger partial charge on any atom is 0.251 e. The molecule has 0 aliphatic carbocycles. The predicted molar refractivity (Wildman–Crippen MR) is 129 cm³/mol. The van der Waals surface area contributed by atoms with Crippen molar-refractivity contribution in [1.29, 1.82) is 0 Å². The number of ether oxygens (including phenoxy) is 2. The van der Waals surface area contributed by atoms with Gasteiger partial charge in [0.25, 0.3) is 5.91 Å². The number of nitrogens with zero attached hydrogens (tertiary/aromatic N) is 1. The highest BCUT2D eigenvalue weighted by Gasteiger charge is 2.43. The van der Waals surface area contributed by atoms with Gasteiger partial charge in [-0.05, 0) is 44.0 Å². The average molecular weight is 507 g/mol. The normalized spacial score (nSPS) is 29.2. The van der Waals surface area contributed by atoms with Crippen LogP contribution in [0.3, 0.4) is 0 Å². The standard InChI is InChI=1S/C24H34N4O6S/c1-28-11-2-3-12-34-18-23(7-10-25-16-23)22(30)26-17-24(8-13-33-14-9-24)27-21(29)19-5-4-6-20(15-19)35(28,31)32/h2-6,15,25H,7-14,16-18H2,1H3,(H,26,30)(H,27,29)/b3-2-. The molecule has 0 aromatic heterocycles. The number of hydrogen-bond acceptors (Lipinski definition) is 7. The summed E-state index contributed by atoms with van der Waals surface area (Å²) < 4.78 is 38.7. The predicted octanol–water partition coefficient (Wildman–Crippen LogP) is 0.268. The first kappa shape index (κ1) is 25.8. The van der Waals surface area contributed by atoms with E-state index in [0.717, 1.165) is 6.54 Å². The number of rotatable bonds is 0. The molecule has 0 saturated carbocycles. The van der Waals surface area contributed by atoms with Crippen molar-refractivity contribution in [2.75, 3.05) is 59.7 Å². The number of sulfonamides is 1. The quantitative estimate of drug-likeness (QED) is 0.431. The van der Waals surface area contributed by atoms with Crippen LogP contribution >= 0.6 is 0 Å². The smallest absolute Gasteiger partial charge is 0.251 e. The molecular weight excluding hydrogens is 472 g/mol. The van der Waals surface area contributed by atoms with Crippen molar-refractivity contribution >= 4 is 21.8 Å². The Labute approximate surface area is 206 Å². The van der Waals surface area contributed by atoms with Crippen LogP contribution in [0.15, 0.2) is 41.3 Å². The van der Waals surface area contributed by atoms with Crippen molar-refractivity contribution < 1.29 is 27.5 Å². The van der Waals surface area contributed by atoms with E-state index in [1.165, 1.54) is 23.5 Å². The summed E-state index contributed by atoms with van der Waals surface area (Å²) >= 11 is 0. The van der Waals surface area contributed by atoms with Gasteiger partial charge in [-0.1, -0.05) is 18.2 Å². The second kappa shape index (κ2) is 10.8. The molecule has 35 heavy (non-hydrogen) atoms. The molecule has 10 nitrogen and oxygen atoms in total. The second-order valence-corrected chi connectivity index (χ2v) is 11.6. The fraction of sp³-hybridized carbons (Fsp3) is 0.583. The number of hydrogen-bond donors (Lipinski definition) is 3. The molecule has 3 aliphatic rings. The third-order valence-corrected chi connectivity index (χ3v) is 8.89. The molecule has 192 valence electrons. The lowest BCUT2D eigenvalue weighted by Crippen LogP contribution is -2.60. The molecule has 2 spiro atoms. The van der Waals surface area contributed by atoms with E-state index in [1.807, 2.05) is 0 Å². The number of carbonyl (C=O) groups excluding carboxylic acids is 2. The first-order valence-corrected chi connectivity index (χ1v) is 13.4. The largest absolute Gasteiger partial charge is 0.381 e. The zero-order valence-electron chi connectivity index (χ0n) is 20.0. The van der Waals surface area contributed by atoms with Crippen molar-refractivity contribution in [3.8, 4) is 0 Å². The minimum absolute atomic E-state index is 0.0448. The van der Waals surface area contributed by atoms with Crippen LogP contribution in [-0.4, -0.2) is 89.7 Å². The highest BCUT2D eigenvalue weighted by Crippen LogP contribution is 2.28. The molecule has 4 rings (SSSR count). The van der Waals surface area contributed by atoms with Gasteiger partial charge in [0.05, 0.1) is 29.1 Å². The van der Waals surface area contributed by atoms with E-state index in [0.29, 0.717) is 39.0 Å². The lowest BCUT2D eigenvalue weighted by molar-refractivity contribution is -0.134. The lowest BCUT2D eigenvalue weighted by Gasteiger charge is -2.39. The number of amides is 2. The zero-order valence-corrected chi connectivity index (χ0v) is 20.9. The van der Waals surface area contributed by atoms with E-state index in [1.54, 1.807) is 24.3 Å². The monoisotopic (exact) mass is 506 g/mol. The number of nitrogens with one attached hydrogen (secondary N) is 3. The van der Waals surface area contributed by atoms with E-state index in [2.05, 4.69) is 16.0 Å². The number of benzene rings is 1. The van der Waals surface area contributed by atoms with E-state index in [9.17, 15) is 18.0 Å². The van der Waals surface area contributed by atoms with Gasteiger partial charge in [-0.25, -0.2) is 8.42 Å². The molecule has 11 heteroatoms. The molecule has 3 aliphatic heterocycles. The summed E-state index contributed by atoms with van der Waals surface area (Å²) in [5.41, 5.74) is -1.14. The summed E-state index contributed by atoms with van der Waals surface area (Å²) in [6.07, 6.45) is 5.19. The van der Waals surface area contributed by atoms with Crippen molar-refractivity contribution in [2.24, 2.45) is 5.41 Å². The van der Waals surface area contributed by atoms with Crippen molar-refractivity contribution in [3.05, 3.63) is 42.0 Å². The Bertz CT molecular complexity index is 1060. The van der Waals surface area contributed by atoms with Crippen LogP contribution in [0.4, 0.5) is 0 Å². The molecule has 1 aromatic rings. The maximum atomic E-state index is 13.3. The molecule has 3 N–H and O–H groups in total. The van der Waals surface area contributed by atoms with E-state index < -0.39 is 21.0 Å². The van der Waals surface area contributed by atoms with E-state index in [4.69, 9.17) is 9.47 Å². The second-order valence-electron chi connectivity index (χ2n) is 9.54. The van der Waals surface area contributed by atoms with Crippen LogP contribution in [0.2, 0.25) is 0 Å². The Hall–Kier alpha value is -2.31. The topological polar surface area (TPSA) is 126 Å². The summed E-state index contributed by atoms with van der Waals surface area (Å²) in [7, 11) is -2.29. The highest BCUT2D eigenvalue weighted by molar-refractivity contribution is 7.89. The maximum absolute atomic E-state index is 13.3. The summed E-state index contributed by atoms with van der Waals surface area (Å²) in [6, 6.07) is 6.02. The summed E-state index contributed by atoms with van der Waals surface area (Å²) in [6.45, 7) is 3.07. The molecule has 1 atom stereocenters. The zero-order chi connectivity index (χ0) is 24.9. The van der Waals surface area contributed by atoms with Gasteiger partial charge in [-0.2, -0.15) is 4.31 Å². The fourth-order valence-corrected chi connectivity index (χ4v) is 5.84. The van der Waals surface area contributed by atoms with Gasteiger partial charge in [0.15, 0.2) is 0 Å². The Morgan fingerprint density at radius 2 is 1.83 bits per heavy atom. The minimum atomic E-state index is -3.78. The van der Waals surface area contributed by atoms with Crippen LogP contribution in [0.1, 0.15) is 29.6 Å². The molecule has 2 fully saturated rings. The van der Waals surface area contributed by atoms with Crippen molar-refractivity contribution in [3.63, 3.8) is 0 Å².